The third-order valence-corrected chi connectivity index (χ3v) is 4.24. The van der Waals surface area contributed by atoms with Gasteiger partial charge in [0.2, 0.25) is 5.91 Å². The van der Waals surface area contributed by atoms with Crippen molar-refractivity contribution < 1.29 is 23.8 Å². The molecule has 0 aliphatic carbocycles. The quantitative estimate of drug-likeness (QED) is 0.726. The van der Waals surface area contributed by atoms with E-state index in [4.69, 9.17) is 9.47 Å². The van der Waals surface area contributed by atoms with Crippen LogP contribution in [0.2, 0.25) is 0 Å². The number of esters is 1. The number of likely N-dealkylation sites (tertiary alicyclic amines) is 1. The van der Waals surface area contributed by atoms with E-state index in [-0.39, 0.29) is 43.0 Å². The Morgan fingerprint density at radius 3 is 2.48 bits per heavy atom. The molecule has 2 aliphatic rings. The number of methoxy groups -OCH3 is 1. The number of aromatic nitrogens is 2. The van der Waals surface area contributed by atoms with E-state index in [9.17, 15) is 9.59 Å². The van der Waals surface area contributed by atoms with Crippen molar-refractivity contribution in [1.82, 2.24) is 14.7 Å². The molecule has 2 fully saturated rings. The molecule has 23 heavy (non-hydrogen) atoms. The molecule has 0 N–H and O–H groups in total. The van der Waals surface area contributed by atoms with Crippen LogP contribution >= 0.6 is 0 Å². The molecule has 2 aliphatic heterocycles. The van der Waals surface area contributed by atoms with Crippen LogP contribution in [0.25, 0.3) is 0 Å². The lowest BCUT2D eigenvalue weighted by Crippen LogP contribution is -2.31. The topological polar surface area (TPSA) is 82.9 Å². The largest absolute Gasteiger partial charge is 0.469 e. The first-order valence-corrected chi connectivity index (χ1v) is 7.74. The number of nitrogens with zero attached hydrogens (tertiary/aromatic N) is 3. The molecule has 3 rings (SSSR count). The van der Waals surface area contributed by atoms with Crippen molar-refractivity contribution >= 4 is 11.9 Å². The number of hydrogen-bond acceptors (Lipinski definition) is 6. The molecule has 126 valence electrons. The van der Waals surface area contributed by atoms with Gasteiger partial charge in [0, 0.05) is 31.9 Å². The van der Waals surface area contributed by atoms with Crippen LogP contribution in [0, 0.1) is 0 Å². The first-order valence-electron chi connectivity index (χ1n) is 7.74. The lowest BCUT2D eigenvalue weighted by atomic mass is 10.3. The molecule has 0 spiro atoms. The van der Waals surface area contributed by atoms with E-state index in [0.717, 1.165) is 0 Å². The average molecular weight is 323 g/mol. The second-order valence-corrected chi connectivity index (χ2v) is 5.76. The highest BCUT2D eigenvalue weighted by atomic mass is 16.6. The number of fused-ring (bicyclic) bond motifs is 1. The predicted octanol–water partition coefficient (Wildman–Crippen LogP) is 0.00360. The zero-order chi connectivity index (χ0) is 16.2. The molecule has 1 aromatic rings. The maximum absolute atomic E-state index is 12.1. The van der Waals surface area contributed by atoms with Gasteiger partial charge in [0.1, 0.15) is 12.2 Å². The van der Waals surface area contributed by atoms with Gasteiger partial charge in [0.25, 0.3) is 0 Å². The molecule has 0 unspecified atom stereocenters. The Hall–Kier alpha value is -1.93. The van der Waals surface area contributed by atoms with Crippen molar-refractivity contribution in [2.45, 2.75) is 31.1 Å². The second kappa shape index (κ2) is 7.10. The van der Waals surface area contributed by atoms with Crippen molar-refractivity contribution in [2.75, 3.05) is 33.4 Å². The monoisotopic (exact) mass is 323 g/mol. The number of ether oxygens (including phenoxy) is 3. The Morgan fingerprint density at radius 1 is 1.22 bits per heavy atom. The van der Waals surface area contributed by atoms with Crippen molar-refractivity contribution in [1.29, 1.82) is 0 Å². The van der Waals surface area contributed by atoms with Crippen LogP contribution in [0.3, 0.4) is 0 Å². The number of carbonyl (C=O) groups excluding carboxylic acids is 2. The summed E-state index contributed by atoms with van der Waals surface area (Å²) in [5, 5.41) is 4.22. The molecule has 0 saturated carbocycles. The molecule has 2 saturated heterocycles. The summed E-state index contributed by atoms with van der Waals surface area (Å²) in [6.45, 7) is 2.01. The van der Waals surface area contributed by atoms with Crippen molar-refractivity contribution in [3.63, 3.8) is 0 Å². The molecule has 0 aromatic carbocycles. The Kier molecular flexibility index (Phi) is 4.92. The number of amides is 1. The van der Waals surface area contributed by atoms with Crippen molar-refractivity contribution in [2.24, 2.45) is 0 Å². The van der Waals surface area contributed by atoms with E-state index in [1.165, 1.54) is 7.11 Å². The fourth-order valence-corrected chi connectivity index (χ4v) is 2.90. The smallest absolute Gasteiger partial charge is 0.306 e. The minimum absolute atomic E-state index is 0.0547. The van der Waals surface area contributed by atoms with Crippen LogP contribution < -0.4 is 0 Å². The fraction of sp³-hybridized carbons (Fsp3) is 0.667. The molecule has 2 atom stereocenters. The highest BCUT2D eigenvalue weighted by Crippen LogP contribution is 2.24. The highest BCUT2D eigenvalue weighted by Gasteiger charge is 2.39. The van der Waals surface area contributed by atoms with Crippen LogP contribution in [0.5, 0.6) is 0 Å². The Bertz CT molecular complexity index is 531. The van der Waals surface area contributed by atoms with E-state index in [2.05, 4.69) is 9.84 Å². The van der Waals surface area contributed by atoms with Gasteiger partial charge in [0.15, 0.2) is 0 Å². The zero-order valence-electron chi connectivity index (χ0n) is 13.1. The van der Waals surface area contributed by atoms with E-state index in [1.54, 1.807) is 11.1 Å². The summed E-state index contributed by atoms with van der Waals surface area (Å²) < 4.78 is 18.2. The van der Waals surface area contributed by atoms with Gasteiger partial charge in [-0.15, -0.1) is 0 Å². The molecule has 3 heterocycles. The number of carbonyl (C=O) groups is 2. The maximum Gasteiger partial charge on any atom is 0.306 e. The molecule has 0 radical (unpaired) electrons. The Morgan fingerprint density at radius 2 is 1.91 bits per heavy atom. The van der Waals surface area contributed by atoms with Crippen molar-refractivity contribution in [3.8, 4) is 0 Å². The minimum atomic E-state index is -0.374. The van der Waals surface area contributed by atoms with Gasteiger partial charge >= 0.3 is 5.97 Å². The average Bonchev–Trinajstić information content (AvgIpc) is 3.19. The second-order valence-electron chi connectivity index (χ2n) is 5.76. The minimum Gasteiger partial charge on any atom is -0.469 e. The predicted molar refractivity (Wildman–Crippen MR) is 78.6 cm³/mol. The third kappa shape index (κ3) is 3.70. The van der Waals surface area contributed by atoms with Gasteiger partial charge in [-0.2, -0.15) is 5.10 Å². The maximum atomic E-state index is 12.1. The molecule has 0 bridgehead atoms. The van der Waals surface area contributed by atoms with Gasteiger partial charge in [-0.1, -0.05) is 0 Å². The summed E-state index contributed by atoms with van der Waals surface area (Å²) in [6.07, 6.45) is 3.62. The lowest BCUT2D eigenvalue weighted by molar-refractivity contribution is -0.143. The van der Waals surface area contributed by atoms with Gasteiger partial charge in [-0.3, -0.25) is 14.3 Å². The Balaban J connectivity index is 1.51. The van der Waals surface area contributed by atoms with Gasteiger partial charge in [0.05, 0.1) is 32.8 Å². The summed E-state index contributed by atoms with van der Waals surface area (Å²) in [5.74, 6) is -0.444. The third-order valence-electron chi connectivity index (χ3n) is 4.24. The van der Waals surface area contributed by atoms with Crippen LogP contribution in [0.15, 0.2) is 18.5 Å². The van der Waals surface area contributed by atoms with Crippen LogP contribution in [0.4, 0.5) is 0 Å². The van der Waals surface area contributed by atoms with Gasteiger partial charge < -0.3 is 19.1 Å². The first-order chi connectivity index (χ1) is 11.2. The normalized spacial score (nSPS) is 25.0. The van der Waals surface area contributed by atoms with Gasteiger partial charge in [-0.25, -0.2) is 0 Å². The molecule has 1 amide bonds. The standard InChI is InChI=1S/C15H21N3O5/c1-21-15(20)4-3-14(19)17-7-12-13(8-17)23-10-11(9-22-12)18-6-2-5-16-18/h2,5-6,11-13H,3-4,7-10H2,1H3/t12-,13-/m0/s1. The van der Waals surface area contributed by atoms with E-state index < -0.39 is 0 Å². The van der Waals surface area contributed by atoms with Crippen LogP contribution in [-0.4, -0.2) is 72.2 Å². The van der Waals surface area contributed by atoms with Crippen LogP contribution in [0.1, 0.15) is 18.9 Å². The highest BCUT2D eigenvalue weighted by molar-refractivity contribution is 5.81. The fourth-order valence-electron chi connectivity index (χ4n) is 2.90. The van der Waals surface area contributed by atoms with Gasteiger partial charge in [-0.05, 0) is 6.07 Å². The summed E-state index contributed by atoms with van der Waals surface area (Å²) in [7, 11) is 1.32. The molecule has 8 heteroatoms. The van der Waals surface area contributed by atoms with E-state index >= 15 is 0 Å². The first kappa shape index (κ1) is 15.9. The zero-order valence-corrected chi connectivity index (χ0v) is 13.1. The molecule has 1 aromatic heterocycles. The summed E-state index contributed by atoms with van der Waals surface area (Å²) in [4.78, 5) is 25.0. The number of rotatable bonds is 4. The van der Waals surface area contributed by atoms with E-state index in [1.807, 2.05) is 16.9 Å². The Labute approximate surface area is 134 Å². The number of hydrogen-bond donors (Lipinski definition) is 0. The summed E-state index contributed by atoms with van der Waals surface area (Å²) in [5.41, 5.74) is 0. The molecular weight excluding hydrogens is 302 g/mol. The lowest BCUT2D eigenvalue weighted by Gasteiger charge is -2.18. The van der Waals surface area contributed by atoms with Crippen molar-refractivity contribution in [3.05, 3.63) is 18.5 Å². The van der Waals surface area contributed by atoms with E-state index in [0.29, 0.717) is 26.3 Å². The summed E-state index contributed by atoms with van der Waals surface area (Å²) in [6, 6.07) is 1.92. The molecule has 8 nitrogen and oxygen atoms in total. The van der Waals surface area contributed by atoms with Crippen LogP contribution in [-0.2, 0) is 23.8 Å². The molecular formula is C15H21N3O5. The summed E-state index contributed by atoms with van der Waals surface area (Å²) >= 11 is 0. The SMILES string of the molecule is COC(=O)CCC(=O)N1C[C@@H]2OCC(n3cccn3)CO[C@H]2C1.